The molecule has 0 radical (unpaired) electrons. The van der Waals surface area contributed by atoms with Crippen LogP contribution in [0.4, 0.5) is 19.4 Å². The van der Waals surface area contributed by atoms with E-state index in [-0.39, 0.29) is 22.5 Å². The van der Waals surface area contributed by atoms with Crippen LogP contribution in [-0.4, -0.2) is 32.5 Å². The van der Waals surface area contributed by atoms with E-state index in [1.165, 1.54) is 6.92 Å². The summed E-state index contributed by atoms with van der Waals surface area (Å²) in [5.74, 6) is -0.542. The lowest BCUT2D eigenvalue weighted by Crippen LogP contribution is -2.49. The van der Waals surface area contributed by atoms with E-state index < -0.39 is 47.2 Å². The molecule has 2 spiro atoms. The minimum absolute atomic E-state index is 0.110. The number of rotatable bonds is 6. The van der Waals surface area contributed by atoms with Crippen LogP contribution in [0.25, 0.3) is 0 Å². The third-order valence-corrected chi connectivity index (χ3v) is 17.1. The van der Waals surface area contributed by atoms with Crippen molar-refractivity contribution in [3.8, 4) is 0 Å². The average molecular weight is 718 g/mol. The molecule has 6 nitrogen and oxygen atoms in total. The number of carbonyl (C=O) groups excluding carboxylic acids is 1. The fraction of sp³-hybridized carbons (Fsp3) is 0.657. The zero-order valence-electron chi connectivity index (χ0n) is 29.1. The number of fused-ring (bicyclic) bond motifs is 4. The Hall–Kier alpha value is -2.06. The number of carbonyl (C=O) groups is 1. The lowest BCUT2D eigenvalue weighted by Gasteiger charge is -2.54. The van der Waals surface area contributed by atoms with Gasteiger partial charge in [0.1, 0.15) is 17.1 Å². The number of esters is 1. The maximum atomic E-state index is 13.7. The van der Waals surface area contributed by atoms with E-state index in [0.29, 0.717) is 61.6 Å². The highest BCUT2D eigenvalue weighted by molar-refractivity contribution is 8.45. The molecule has 1 saturated carbocycles. The molecule has 0 N–H and O–H groups in total. The molecule has 0 bridgehead atoms. The van der Waals surface area contributed by atoms with Crippen LogP contribution in [0.2, 0.25) is 18.1 Å². The van der Waals surface area contributed by atoms with Crippen molar-refractivity contribution < 1.29 is 42.9 Å². The van der Waals surface area contributed by atoms with Crippen LogP contribution in [0.1, 0.15) is 138 Å². The van der Waals surface area contributed by atoms with Gasteiger partial charge in [0.25, 0.3) is 0 Å². The summed E-state index contributed by atoms with van der Waals surface area (Å²) in [5.41, 5.74) is 2.94. The molecule has 1 aromatic heterocycles. The Bertz CT molecular complexity index is 1610. The van der Waals surface area contributed by atoms with E-state index in [4.69, 9.17) is 23.6 Å². The van der Waals surface area contributed by atoms with Gasteiger partial charge in [-0.05, 0) is 66.6 Å². The molecule has 13 heteroatoms. The van der Waals surface area contributed by atoms with Crippen molar-refractivity contribution in [1.29, 1.82) is 0 Å². The standard InChI is InChI=1S/C35H48F5NO5SSi/c1-21(2)29-27-28(35(16-18-43-19-17-35)45-31(27)23-10-12-24(13-11-23)47(36,37,38,39)40)26-25(46-48(7,8)33(4,5)6)20-34(14-9-15-34)32(30(26)41-29)44-22(3)42/h10-13,21,25,31-32H,9,14-20H2,1-8H3. The number of nitrogens with zero attached hydrogens (tertiary/aromatic N) is 1. The van der Waals surface area contributed by atoms with Gasteiger partial charge in [-0.2, -0.15) is 0 Å². The highest BCUT2D eigenvalue weighted by atomic mass is 32.5. The van der Waals surface area contributed by atoms with E-state index in [9.17, 15) is 24.2 Å². The summed E-state index contributed by atoms with van der Waals surface area (Å²) in [4.78, 5) is 16.1. The van der Waals surface area contributed by atoms with Crippen LogP contribution in [0.3, 0.4) is 0 Å². The molecule has 1 aromatic carbocycles. The molecule has 6 rings (SSSR count). The van der Waals surface area contributed by atoms with E-state index >= 15 is 0 Å². The third kappa shape index (κ3) is 6.03. The number of benzene rings is 1. The number of ether oxygens (including phenoxy) is 3. The van der Waals surface area contributed by atoms with Gasteiger partial charge in [-0.1, -0.05) is 72.6 Å². The second-order valence-corrected chi connectivity index (χ2v) is 23.3. The zero-order chi connectivity index (χ0) is 35.4. The Morgan fingerprint density at radius 2 is 1.60 bits per heavy atom. The molecule has 4 aliphatic rings. The molecule has 2 aliphatic heterocycles. The van der Waals surface area contributed by atoms with Crippen LogP contribution >= 0.6 is 10.2 Å². The second-order valence-electron chi connectivity index (χ2n) is 16.2. The Balaban J connectivity index is 1.64. The van der Waals surface area contributed by atoms with Gasteiger partial charge in [0.2, 0.25) is 0 Å². The largest absolute Gasteiger partial charge is 0.455 e. The van der Waals surface area contributed by atoms with Gasteiger partial charge in [0.15, 0.2) is 8.32 Å². The minimum atomic E-state index is -9.88. The van der Waals surface area contributed by atoms with Gasteiger partial charge in [-0.25, -0.2) is 0 Å². The Kier molecular flexibility index (Phi) is 7.99. The lowest BCUT2D eigenvalue weighted by molar-refractivity contribution is -0.167. The predicted molar refractivity (Wildman–Crippen MR) is 177 cm³/mol. The van der Waals surface area contributed by atoms with Gasteiger partial charge in [-0.3, -0.25) is 9.78 Å². The minimum Gasteiger partial charge on any atom is -0.455 e. The molecule has 48 heavy (non-hydrogen) atoms. The zero-order valence-corrected chi connectivity index (χ0v) is 30.9. The number of halogens is 5. The molecule has 268 valence electrons. The summed E-state index contributed by atoms with van der Waals surface area (Å²) in [7, 11) is -12.3. The normalized spacial score (nSPS) is 26.4. The maximum Gasteiger partial charge on any atom is 0.310 e. The number of aromatic nitrogens is 1. The first-order valence-electron chi connectivity index (χ1n) is 16.9. The summed E-state index contributed by atoms with van der Waals surface area (Å²) in [6, 6.07) is 3.10. The van der Waals surface area contributed by atoms with Crippen LogP contribution in [0, 0.1) is 5.41 Å². The van der Waals surface area contributed by atoms with E-state index in [1.54, 1.807) is 0 Å². The smallest absolute Gasteiger partial charge is 0.310 e. The first kappa shape index (κ1) is 35.8. The summed E-state index contributed by atoms with van der Waals surface area (Å²) in [6.07, 6.45) is 2.50. The van der Waals surface area contributed by atoms with Crippen LogP contribution in [0.15, 0.2) is 29.2 Å². The van der Waals surface area contributed by atoms with Crippen LogP contribution in [0.5, 0.6) is 0 Å². The molecule has 1 saturated heterocycles. The second kappa shape index (κ2) is 10.7. The van der Waals surface area contributed by atoms with E-state index in [0.717, 1.165) is 48.1 Å². The quantitative estimate of drug-likeness (QED) is 0.168. The molecule has 3 atom stereocenters. The first-order chi connectivity index (χ1) is 21.9. The van der Waals surface area contributed by atoms with Gasteiger partial charge in [0.05, 0.1) is 17.4 Å². The third-order valence-electron chi connectivity index (χ3n) is 11.5. The lowest BCUT2D eigenvalue weighted by atomic mass is 9.57. The SMILES string of the molecule is CC(=O)OC1c2nc(C(C)C)c3c(c2C(O[Si](C)(C)C(C)(C)C)CC12CCC2)C1(CCOCC1)OC3c1ccc(S(F)(F)(F)(F)F)cc1. The van der Waals surface area contributed by atoms with Crippen molar-refractivity contribution in [2.45, 2.75) is 133 Å². The molecule has 2 aliphatic carbocycles. The summed E-state index contributed by atoms with van der Waals surface area (Å²) in [5, 5.41) is -0.110. The molecular formula is C35H48F5NO5SSi. The van der Waals surface area contributed by atoms with Crippen molar-refractivity contribution >= 4 is 24.5 Å². The highest BCUT2D eigenvalue weighted by Gasteiger charge is 2.65. The molecule has 2 fully saturated rings. The Morgan fingerprint density at radius 3 is 2.08 bits per heavy atom. The van der Waals surface area contributed by atoms with Crippen molar-refractivity contribution in [1.82, 2.24) is 4.98 Å². The van der Waals surface area contributed by atoms with Crippen LogP contribution < -0.4 is 0 Å². The fourth-order valence-electron chi connectivity index (χ4n) is 7.87. The molecule has 3 heterocycles. The topological polar surface area (TPSA) is 66.9 Å². The maximum absolute atomic E-state index is 13.7. The molecule has 0 amide bonds. The highest BCUT2D eigenvalue weighted by Crippen LogP contribution is 3.02. The predicted octanol–water partition coefficient (Wildman–Crippen LogP) is 11.2. The first-order valence-corrected chi connectivity index (χ1v) is 21.8. The molecular weight excluding hydrogens is 670 g/mol. The van der Waals surface area contributed by atoms with Gasteiger partial charge < -0.3 is 18.6 Å². The average Bonchev–Trinajstić information content (AvgIpc) is 3.25. The van der Waals surface area contributed by atoms with Crippen molar-refractivity contribution in [3.05, 3.63) is 57.9 Å². The van der Waals surface area contributed by atoms with Crippen molar-refractivity contribution in [2.24, 2.45) is 5.41 Å². The van der Waals surface area contributed by atoms with E-state index in [1.807, 2.05) is 13.8 Å². The van der Waals surface area contributed by atoms with Crippen molar-refractivity contribution in [2.75, 3.05) is 13.2 Å². The Morgan fingerprint density at radius 1 is 1.00 bits per heavy atom. The number of hydrogen-bond donors (Lipinski definition) is 0. The van der Waals surface area contributed by atoms with Crippen molar-refractivity contribution in [3.63, 3.8) is 0 Å². The summed E-state index contributed by atoms with van der Waals surface area (Å²) < 4.78 is 94.9. The molecule has 2 aromatic rings. The summed E-state index contributed by atoms with van der Waals surface area (Å²) >= 11 is 0. The van der Waals surface area contributed by atoms with E-state index in [2.05, 4.69) is 33.9 Å². The number of pyridine rings is 1. The van der Waals surface area contributed by atoms with Crippen LogP contribution in [-0.2, 0) is 29.0 Å². The fourth-order valence-corrected chi connectivity index (χ4v) is 9.78. The molecule has 3 unspecified atom stereocenters. The van der Waals surface area contributed by atoms with Gasteiger partial charge in [-0.15, -0.1) is 0 Å². The summed E-state index contributed by atoms with van der Waals surface area (Å²) in [6.45, 7) is 17.2. The van der Waals surface area contributed by atoms with Gasteiger partial charge in [0, 0.05) is 55.2 Å². The Labute approximate surface area is 281 Å². The number of hydrogen-bond acceptors (Lipinski definition) is 6. The van der Waals surface area contributed by atoms with Gasteiger partial charge >= 0.3 is 16.2 Å². The monoisotopic (exact) mass is 717 g/mol.